The van der Waals surface area contributed by atoms with Crippen LogP contribution in [0.1, 0.15) is 37.0 Å². The van der Waals surface area contributed by atoms with Crippen molar-refractivity contribution in [3.63, 3.8) is 0 Å². The molecule has 1 spiro atoms. The van der Waals surface area contributed by atoms with E-state index in [-0.39, 0.29) is 51.0 Å². The number of hydrogen-bond donors (Lipinski definition) is 2. The van der Waals surface area contributed by atoms with E-state index in [1.54, 1.807) is 11.8 Å². The van der Waals surface area contributed by atoms with Gasteiger partial charge in [-0.05, 0) is 37.0 Å². The third-order valence-electron chi connectivity index (χ3n) is 7.94. The third kappa shape index (κ3) is 1.92. The number of carboxylic acid groups (broad SMARTS) is 1. The summed E-state index contributed by atoms with van der Waals surface area (Å²) in [6, 6.07) is 0. The lowest BCUT2D eigenvalue weighted by Crippen LogP contribution is -2.49. The number of rotatable bonds is 2. The molecule has 9 heteroatoms. The summed E-state index contributed by atoms with van der Waals surface area (Å²) in [5.74, 6) is -1.96. The number of H-pyrrole nitrogens is 1. The van der Waals surface area contributed by atoms with Gasteiger partial charge in [-0.25, -0.2) is 0 Å². The number of thioether (sulfide) groups is 1. The van der Waals surface area contributed by atoms with E-state index in [4.69, 9.17) is 5.11 Å². The lowest BCUT2D eigenvalue weighted by molar-refractivity contribution is -0.150. The van der Waals surface area contributed by atoms with Crippen molar-refractivity contribution in [3.8, 4) is 0 Å². The number of likely N-dealkylation sites (tertiary alicyclic amines) is 1. The quantitative estimate of drug-likeness (QED) is 0.705. The number of nitrogens with zero attached hydrogens (tertiary/aromatic N) is 1. The van der Waals surface area contributed by atoms with Crippen molar-refractivity contribution < 1.29 is 19.5 Å². The standard InChI is InChI=1S/C19H20N2O5S2/c22-9(23)6-21-16(24)10-7-5-8(11(10)17(21)25)13-12(7)19(3-1-2-4-19)14-15(27-13)20-18(26)28-14/h7-8,10-13H,1-6H2,(H,20,26)(H,22,23)/t7-,8-,10-,11-,12+,13-/m1/s1. The Labute approximate surface area is 168 Å². The maximum Gasteiger partial charge on any atom is 0.323 e. The van der Waals surface area contributed by atoms with Crippen LogP contribution in [0.25, 0.3) is 0 Å². The Bertz CT molecular complexity index is 977. The molecule has 3 heterocycles. The van der Waals surface area contributed by atoms with Crippen molar-refractivity contribution in [1.82, 2.24) is 9.88 Å². The number of thiazole rings is 1. The molecule has 7 nitrogen and oxygen atoms in total. The van der Waals surface area contributed by atoms with Gasteiger partial charge in [0.25, 0.3) is 0 Å². The van der Waals surface area contributed by atoms with Gasteiger partial charge in [0.05, 0.1) is 16.9 Å². The van der Waals surface area contributed by atoms with Crippen molar-refractivity contribution in [3.05, 3.63) is 14.5 Å². The smallest absolute Gasteiger partial charge is 0.323 e. The van der Waals surface area contributed by atoms with E-state index in [1.165, 1.54) is 16.2 Å². The van der Waals surface area contributed by atoms with Gasteiger partial charge in [-0.15, -0.1) is 11.8 Å². The van der Waals surface area contributed by atoms with E-state index in [0.29, 0.717) is 5.92 Å². The number of nitrogens with one attached hydrogen (secondary N) is 1. The summed E-state index contributed by atoms with van der Waals surface area (Å²) in [7, 11) is 0. The van der Waals surface area contributed by atoms with Crippen LogP contribution in [0.4, 0.5) is 0 Å². The summed E-state index contributed by atoms with van der Waals surface area (Å²) in [6.07, 6.45) is 5.21. The zero-order valence-electron chi connectivity index (χ0n) is 15.1. The van der Waals surface area contributed by atoms with Gasteiger partial charge in [-0.3, -0.25) is 24.1 Å². The molecular weight excluding hydrogens is 400 g/mol. The topological polar surface area (TPSA) is 108 Å². The molecule has 6 atom stereocenters. The van der Waals surface area contributed by atoms with E-state index in [2.05, 4.69) is 4.98 Å². The van der Waals surface area contributed by atoms with Gasteiger partial charge in [0, 0.05) is 15.5 Å². The number of fused-ring (bicyclic) bond motifs is 11. The summed E-state index contributed by atoms with van der Waals surface area (Å²) in [4.78, 5) is 54.4. The zero-order valence-corrected chi connectivity index (χ0v) is 16.7. The molecule has 5 aliphatic rings. The normalized spacial score (nSPS) is 39.5. The van der Waals surface area contributed by atoms with Crippen LogP contribution in [-0.2, 0) is 19.8 Å². The number of aromatic nitrogens is 1. The molecule has 0 unspecified atom stereocenters. The molecule has 2 aliphatic heterocycles. The molecule has 148 valence electrons. The molecule has 1 aromatic heterocycles. The maximum atomic E-state index is 13.0. The molecule has 2 N–H and O–H groups in total. The number of hydrogen-bond acceptors (Lipinski definition) is 6. The number of carbonyl (C=O) groups is 3. The predicted molar refractivity (Wildman–Crippen MR) is 101 cm³/mol. The van der Waals surface area contributed by atoms with Gasteiger partial charge >= 0.3 is 10.8 Å². The number of amides is 2. The van der Waals surface area contributed by atoms with Crippen molar-refractivity contribution >= 4 is 40.9 Å². The molecule has 2 amide bonds. The minimum atomic E-state index is -1.15. The van der Waals surface area contributed by atoms with Crippen LogP contribution in [0, 0.1) is 29.6 Å². The van der Waals surface area contributed by atoms with Crippen molar-refractivity contribution in [2.45, 2.75) is 47.8 Å². The summed E-state index contributed by atoms with van der Waals surface area (Å²) < 4.78 is 0. The summed E-state index contributed by atoms with van der Waals surface area (Å²) in [5, 5.41) is 10.3. The van der Waals surface area contributed by atoms with Crippen LogP contribution >= 0.6 is 23.1 Å². The first-order valence-electron chi connectivity index (χ1n) is 9.89. The van der Waals surface area contributed by atoms with Crippen LogP contribution < -0.4 is 4.87 Å². The highest BCUT2D eigenvalue weighted by Gasteiger charge is 2.72. The molecule has 0 aromatic carbocycles. The van der Waals surface area contributed by atoms with Gasteiger partial charge in [-0.1, -0.05) is 24.2 Å². The first kappa shape index (κ1) is 17.3. The van der Waals surface area contributed by atoms with Gasteiger partial charge in [0.15, 0.2) is 0 Å². The molecule has 2 bridgehead atoms. The minimum absolute atomic E-state index is 0.0175. The second kappa shape index (κ2) is 5.50. The highest BCUT2D eigenvalue weighted by molar-refractivity contribution is 8.00. The molecule has 6 rings (SSSR count). The van der Waals surface area contributed by atoms with Gasteiger partial charge in [0.1, 0.15) is 6.54 Å². The number of carbonyl (C=O) groups excluding carboxylic acids is 2. The Hall–Kier alpha value is -1.61. The van der Waals surface area contributed by atoms with Crippen molar-refractivity contribution in [1.29, 1.82) is 0 Å². The summed E-state index contributed by atoms with van der Waals surface area (Å²) >= 11 is 3.02. The Kier molecular flexibility index (Phi) is 3.39. The largest absolute Gasteiger partial charge is 0.480 e. The number of aromatic amines is 1. The second-order valence-electron chi connectivity index (χ2n) is 8.92. The van der Waals surface area contributed by atoms with E-state index in [9.17, 15) is 19.2 Å². The van der Waals surface area contributed by atoms with Crippen molar-refractivity contribution in [2.24, 2.45) is 29.6 Å². The molecule has 3 aliphatic carbocycles. The van der Waals surface area contributed by atoms with E-state index >= 15 is 0 Å². The lowest BCUT2D eigenvalue weighted by Gasteiger charge is -2.49. The highest BCUT2D eigenvalue weighted by atomic mass is 32.2. The fourth-order valence-electron chi connectivity index (χ4n) is 7.26. The average Bonchev–Trinajstić information content (AvgIpc) is 3.41. The van der Waals surface area contributed by atoms with E-state index in [1.807, 2.05) is 0 Å². The fraction of sp³-hybridized carbons (Fsp3) is 0.684. The van der Waals surface area contributed by atoms with E-state index in [0.717, 1.165) is 42.0 Å². The molecule has 4 fully saturated rings. The summed E-state index contributed by atoms with van der Waals surface area (Å²) in [5.41, 5.74) is -0.0526. The minimum Gasteiger partial charge on any atom is -0.480 e. The average molecular weight is 421 g/mol. The second-order valence-corrected chi connectivity index (χ2v) is 11.1. The molecule has 3 saturated carbocycles. The van der Waals surface area contributed by atoms with E-state index < -0.39 is 12.5 Å². The third-order valence-corrected chi connectivity index (χ3v) is 10.6. The molecular formula is C19H20N2O5S2. The predicted octanol–water partition coefficient (Wildman–Crippen LogP) is 1.67. The Balaban J connectivity index is 1.45. The SMILES string of the molecule is O=C(O)CN1C(=O)[C@@H]2[C@H]3C[C@@H]([C@H]4Sc5[nH]c(=O)sc5C5(CCCC5)[C@@H]34)[C@H]2C1=O. The van der Waals surface area contributed by atoms with Gasteiger partial charge in [-0.2, -0.15) is 0 Å². The Morgan fingerprint density at radius 3 is 2.50 bits per heavy atom. The van der Waals surface area contributed by atoms with Crippen LogP contribution in [0.3, 0.4) is 0 Å². The zero-order chi connectivity index (χ0) is 19.4. The maximum absolute atomic E-state index is 13.0. The lowest BCUT2D eigenvalue weighted by atomic mass is 9.61. The first-order valence-corrected chi connectivity index (χ1v) is 11.6. The molecule has 1 saturated heterocycles. The monoisotopic (exact) mass is 420 g/mol. The molecule has 0 radical (unpaired) electrons. The van der Waals surface area contributed by atoms with Crippen molar-refractivity contribution in [2.75, 3.05) is 6.54 Å². The van der Waals surface area contributed by atoms with Gasteiger partial charge < -0.3 is 10.1 Å². The highest BCUT2D eigenvalue weighted by Crippen LogP contribution is 2.71. The van der Waals surface area contributed by atoms with Crippen LogP contribution in [-0.4, -0.2) is 44.6 Å². The number of aliphatic carboxylic acids is 1. The number of carboxylic acids is 1. The van der Waals surface area contributed by atoms with Crippen LogP contribution in [0.15, 0.2) is 9.82 Å². The molecule has 28 heavy (non-hydrogen) atoms. The Morgan fingerprint density at radius 1 is 1.14 bits per heavy atom. The fourth-order valence-corrected chi connectivity index (χ4v) is 10.4. The van der Waals surface area contributed by atoms with Gasteiger partial charge in [0.2, 0.25) is 11.8 Å². The number of imide groups is 1. The van der Waals surface area contributed by atoms with Crippen LogP contribution in [0.2, 0.25) is 0 Å². The summed E-state index contributed by atoms with van der Waals surface area (Å²) in [6.45, 7) is -0.529. The van der Waals surface area contributed by atoms with Crippen LogP contribution in [0.5, 0.6) is 0 Å². The Morgan fingerprint density at radius 2 is 1.82 bits per heavy atom. The molecule has 1 aromatic rings. The first-order chi connectivity index (χ1) is 13.4.